The first kappa shape index (κ1) is 20.1. The smallest absolute Gasteiger partial charge is 0.266 e. The van der Waals surface area contributed by atoms with Crippen molar-refractivity contribution in [2.75, 3.05) is 11.9 Å². The van der Waals surface area contributed by atoms with E-state index in [1.165, 1.54) is 6.08 Å². The summed E-state index contributed by atoms with van der Waals surface area (Å²) >= 11 is 12.9. The van der Waals surface area contributed by atoms with E-state index in [-0.39, 0.29) is 12.2 Å². The normalized spacial score (nSPS) is 10.6. The van der Waals surface area contributed by atoms with Crippen LogP contribution < -0.4 is 10.1 Å². The molecule has 0 aromatic heterocycles. The van der Waals surface area contributed by atoms with Crippen LogP contribution in [0.4, 0.5) is 5.69 Å². The lowest BCUT2D eigenvalue weighted by atomic mass is 10.1. The Hall–Kier alpha value is -2.25. The minimum atomic E-state index is -0.523. The van der Waals surface area contributed by atoms with E-state index in [4.69, 9.17) is 22.8 Å². The standard InChI is InChI=1S/C19H11Br2ClN2O2/c1-2-6-26-18-16(21)8-12(9-17(18)22)7-13(11-23)19(25)24-15-5-3-4-14(20)10-15/h1,3-5,7-10H,6H2,(H,24,25)/b13-7-. The van der Waals surface area contributed by atoms with Crippen LogP contribution in [0.2, 0.25) is 5.02 Å². The molecule has 2 aromatic carbocycles. The van der Waals surface area contributed by atoms with E-state index in [0.29, 0.717) is 26.5 Å². The molecule has 0 spiro atoms. The molecule has 7 heteroatoms. The molecule has 0 aliphatic rings. The molecule has 2 aromatic rings. The molecule has 1 amide bonds. The fourth-order valence-corrected chi connectivity index (χ4v) is 3.38. The van der Waals surface area contributed by atoms with Gasteiger partial charge in [0.25, 0.3) is 5.91 Å². The Morgan fingerprint density at radius 1 is 1.35 bits per heavy atom. The van der Waals surface area contributed by atoms with Crippen molar-refractivity contribution in [3.05, 3.63) is 61.5 Å². The molecule has 1 N–H and O–H groups in total. The molecule has 0 unspecified atom stereocenters. The fraction of sp³-hybridized carbons (Fsp3) is 0.0526. The summed E-state index contributed by atoms with van der Waals surface area (Å²) in [6.07, 6.45) is 6.61. The molecule has 0 atom stereocenters. The van der Waals surface area contributed by atoms with Gasteiger partial charge in [0, 0.05) is 10.2 Å². The number of benzene rings is 2. The quantitative estimate of drug-likeness (QED) is 0.343. The van der Waals surface area contributed by atoms with Gasteiger partial charge in [-0.1, -0.05) is 39.5 Å². The van der Waals surface area contributed by atoms with Crippen LogP contribution in [0.1, 0.15) is 5.56 Å². The number of hydrogen-bond acceptors (Lipinski definition) is 3. The monoisotopic (exact) mass is 492 g/mol. The summed E-state index contributed by atoms with van der Waals surface area (Å²) in [5.41, 5.74) is 1.07. The maximum atomic E-state index is 12.3. The van der Waals surface area contributed by atoms with Crippen LogP contribution >= 0.6 is 43.5 Å². The molecule has 0 aliphatic heterocycles. The van der Waals surface area contributed by atoms with Crippen LogP contribution in [0.3, 0.4) is 0 Å². The van der Waals surface area contributed by atoms with Crippen molar-refractivity contribution in [2.45, 2.75) is 0 Å². The second-order valence-electron chi connectivity index (χ2n) is 4.94. The van der Waals surface area contributed by atoms with E-state index in [9.17, 15) is 10.1 Å². The average molecular weight is 495 g/mol. The zero-order valence-corrected chi connectivity index (χ0v) is 17.2. The van der Waals surface area contributed by atoms with Gasteiger partial charge in [-0.05, 0) is 57.9 Å². The zero-order chi connectivity index (χ0) is 19.1. The summed E-state index contributed by atoms with van der Waals surface area (Å²) in [6.45, 7) is 0.0754. The zero-order valence-electron chi connectivity index (χ0n) is 13.2. The van der Waals surface area contributed by atoms with Gasteiger partial charge in [0.2, 0.25) is 0 Å². The van der Waals surface area contributed by atoms with Crippen LogP contribution in [-0.4, -0.2) is 12.5 Å². The number of hydrogen-bond donors (Lipinski definition) is 1. The maximum absolute atomic E-state index is 12.3. The third-order valence-electron chi connectivity index (χ3n) is 3.08. The van der Waals surface area contributed by atoms with E-state index < -0.39 is 5.91 Å². The fourth-order valence-electron chi connectivity index (χ4n) is 1.99. The number of nitrogens with one attached hydrogen (secondary N) is 1. The molecule has 2 rings (SSSR count). The number of ether oxygens (including phenoxy) is 1. The highest BCUT2D eigenvalue weighted by Gasteiger charge is 2.12. The lowest BCUT2D eigenvalue weighted by molar-refractivity contribution is -0.112. The first-order chi connectivity index (χ1) is 12.4. The molecule has 0 saturated carbocycles. The number of nitrogens with zero attached hydrogens (tertiary/aromatic N) is 1. The highest BCUT2D eigenvalue weighted by Crippen LogP contribution is 2.35. The number of rotatable bonds is 5. The first-order valence-electron chi connectivity index (χ1n) is 7.18. The number of amides is 1. The van der Waals surface area contributed by atoms with Gasteiger partial charge in [-0.25, -0.2) is 0 Å². The third-order valence-corrected chi connectivity index (χ3v) is 4.44. The summed E-state index contributed by atoms with van der Waals surface area (Å²) < 4.78 is 6.74. The van der Waals surface area contributed by atoms with E-state index in [2.05, 4.69) is 43.1 Å². The SMILES string of the molecule is C#CCOc1c(Cl)cc(/C=C(/C#N)C(=O)Nc2cccc(Br)c2)cc1Br. The van der Waals surface area contributed by atoms with Crippen LogP contribution in [0.15, 0.2) is 50.9 Å². The topological polar surface area (TPSA) is 62.1 Å². The minimum absolute atomic E-state index is 0.0646. The Morgan fingerprint density at radius 2 is 2.12 bits per heavy atom. The van der Waals surface area contributed by atoms with Gasteiger partial charge in [-0.3, -0.25) is 4.79 Å². The Morgan fingerprint density at radius 3 is 2.73 bits per heavy atom. The molecule has 130 valence electrons. The lowest BCUT2D eigenvalue weighted by Gasteiger charge is -2.09. The summed E-state index contributed by atoms with van der Waals surface area (Å²) in [7, 11) is 0. The van der Waals surface area contributed by atoms with Crippen molar-refractivity contribution < 1.29 is 9.53 Å². The van der Waals surface area contributed by atoms with Crippen molar-refractivity contribution in [2.24, 2.45) is 0 Å². The highest BCUT2D eigenvalue weighted by atomic mass is 79.9. The molecule has 4 nitrogen and oxygen atoms in total. The summed E-state index contributed by atoms with van der Waals surface area (Å²) in [5.74, 6) is 2.23. The van der Waals surface area contributed by atoms with Crippen molar-refractivity contribution >= 4 is 61.1 Å². The molecular weight excluding hydrogens is 483 g/mol. The summed E-state index contributed by atoms with van der Waals surface area (Å²) in [4.78, 5) is 12.3. The molecule has 0 fully saturated rings. The van der Waals surface area contributed by atoms with Crippen molar-refractivity contribution in [1.29, 1.82) is 5.26 Å². The summed E-state index contributed by atoms with van der Waals surface area (Å²) in [5, 5.41) is 12.3. The number of carbonyl (C=O) groups excluding carboxylic acids is 1. The van der Waals surface area contributed by atoms with E-state index in [1.54, 1.807) is 30.3 Å². The van der Waals surface area contributed by atoms with E-state index in [1.807, 2.05) is 12.1 Å². The highest BCUT2D eigenvalue weighted by molar-refractivity contribution is 9.10. The average Bonchev–Trinajstić information content (AvgIpc) is 2.59. The molecule has 0 aliphatic carbocycles. The molecule has 0 radical (unpaired) electrons. The van der Waals surface area contributed by atoms with Gasteiger partial charge in [-0.15, -0.1) is 6.42 Å². The Balaban J connectivity index is 2.27. The van der Waals surface area contributed by atoms with Gasteiger partial charge in [-0.2, -0.15) is 5.26 Å². The van der Waals surface area contributed by atoms with Gasteiger partial charge < -0.3 is 10.1 Å². The second kappa shape index (κ2) is 9.45. The number of carbonyl (C=O) groups is 1. The Bertz CT molecular complexity index is 936. The minimum Gasteiger partial charge on any atom is -0.478 e. The van der Waals surface area contributed by atoms with Crippen LogP contribution in [0.25, 0.3) is 6.08 Å². The molecule has 0 heterocycles. The van der Waals surface area contributed by atoms with Gasteiger partial charge in [0.1, 0.15) is 18.2 Å². The van der Waals surface area contributed by atoms with Crippen LogP contribution in [0.5, 0.6) is 5.75 Å². The molecule has 26 heavy (non-hydrogen) atoms. The lowest BCUT2D eigenvalue weighted by Crippen LogP contribution is -2.13. The van der Waals surface area contributed by atoms with Crippen molar-refractivity contribution in [3.63, 3.8) is 0 Å². The molecule has 0 bridgehead atoms. The van der Waals surface area contributed by atoms with Gasteiger partial charge in [0.15, 0.2) is 5.75 Å². The first-order valence-corrected chi connectivity index (χ1v) is 9.15. The molecule has 0 saturated heterocycles. The number of anilines is 1. The Kier molecular flexibility index (Phi) is 7.29. The van der Waals surface area contributed by atoms with Crippen molar-refractivity contribution in [3.8, 4) is 24.2 Å². The number of halogens is 3. The largest absolute Gasteiger partial charge is 0.478 e. The van der Waals surface area contributed by atoms with E-state index >= 15 is 0 Å². The van der Waals surface area contributed by atoms with Crippen LogP contribution in [-0.2, 0) is 4.79 Å². The van der Waals surface area contributed by atoms with E-state index in [0.717, 1.165) is 4.47 Å². The second-order valence-corrected chi connectivity index (χ2v) is 7.12. The maximum Gasteiger partial charge on any atom is 0.266 e. The molecular formula is C19H11Br2ClN2O2. The van der Waals surface area contributed by atoms with Crippen molar-refractivity contribution in [1.82, 2.24) is 0 Å². The predicted octanol–water partition coefficient (Wildman–Crippen LogP) is 5.42. The van der Waals surface area contributed by atoms with Gasteiger partial charge >= 0.3 is 0 Å². The predicted molar refractivity (Wildman–Crippen MR) is 110 cm³/mol. The number of nitriles is 1. The van der Waals surface area contributed by atoms with Crippen LogP contribution in [0, 0.1) is 23.7 Å². The Labute approximate surface area is 173 Å². The summed E-state index contributed by atoms with van der Waals surface area (Å²) in [6, 6.07) is 12.2. The number of terminal acetylenes is 1. The van der Waals surface area contributed by atoms with Gasteiger partial charge in [0.05, 0.1) is 9.50 Å². The third kappa shape index (κ3) is 5.37.